The number of aryl methyl sites for hydroxylation is 1. The van der Waals surface area contributed by atoms with E-state index in [1.807, 2.05) is 61.5 Å². The second kappa shape index (κ2) is 7.80. The third-order valence-electron chi connectivity index (χ3n) is 5.29. The molecule has 0 spiro atoms. The van der Waals surface area contributed by atoms with Crippen LogP contribution in [0.3, 0.4) is 0 Å². The van der Waals surface area contributed by atoms with E-state index in [-0.39, 0.29) is 17.0 Å². The number of benzene rings is 2. The van der Waals surface area contributed by atoms with Crippen LogP contribution in [-0.2, 0) is 13.7 Å². The predicted octanol–water partition coefficient (Wildman–Crippen LogP) is 3.49. The molecule has 2 aromatic carbocycles. The number of nitriles is 1. The predicted molar refractivity (Wildman–Crippen MR) is 113 cm³/mol. The van der Waals surface area contributed by atoms with Gasteiger partial charge in [0.25, 0.3) is 5.56 Å². The van der Waals surface area contributed by atoms with Gasteiger partial charge in [-0.3, -0.25) is 4.79 Å². The number of nitrogens with zero attached hydrogens (tertiary/aromatic N) is 2. The Morgan fingerprint density at radius 2 is 1.93 bits per heavy atom. The van der Waals surface area contributed by atoms with E-state index in [0.29, 0.717) is 23.7 Å². The standard InChI is InChI=1S/C24H21N3O3/c1-15-11-20-22(24(28)27(15)2)21(19(13-25)23(26)30-20)17-9-6-10-18(12-17)29-14-16-7-4-3-5-8-16/h3-12,21H,14,26H2,1-2H3/t21-/m0/s1. The molecular formula is C24H21N3O3. The van der Waals surface area contributed by atoms with Crippen molar-refractivity contribution in [3.8, 4) is 17.6 Å². The number of allylic oxidation sites excluding steroid dienone is 1. The van der Waals surface area contributed by atoms with Gasteiger partial charge in [-0.1, -0.05) is 42.5 Å². The van der Waals surface area contributed by atoms with Gasteiger partial charge in [-0.15, -0.1) is 0 Å². The average molecular weight is 399 g/mol. The van der Waals surface area contributed by atoms with Crippen molar-refractivity contribution in [2.45, 2.75) is 19.4 Å². The molecule has 6 nitrogen and oxygen atoms in total. The lowest BCUT2D eigenvalue weighted by molar-refractivity contribution is 0.306. The quantitative estimate of drug-likeness (QED) is 0.725. The fourth-order valence-electron chi connectivity index (χ4n) is 3.60. The molecule has 3 aromatic rings. The molecule has 0 saturated carbocycles. The van der Waals surface area contributed by atoms with Gasteiger partial charge in [-0.25, -0.2) is 0 Å². The maximum atomic E-state index is 13.1. The highest BCUT2D eigenvalue weighted by molar-refractivity contribution is 5.56. The number of nitrogens with two attached hydrogens (primary N) is 1. The zero-order valence-corrected chi connectivity index (χ0v) is 16.8. The molecule has 1 aliphatic heterocycles. The van der Waals surface area contributed by atoms with E-state index in [0.717, 1.165) is 16.8 Å². The van der Waals surface area contributed by atoms with Gasteiger partial charge in [0.2, 0.25) is 5.88 Å². The van der Waals surface area contributed by atoms with Gasteiger partial charge in [0, 0.05) is 18.8 Å². The number of rotatable bonds is 4. The van der Waals surface area contributed by atoms with E-state index >= 15 is 0 Å². The highest BCUT2D eigenvalue weighted by atomic mass is 16.5. The van der Waals surface area contributed by atoms with Gasteiger partial charge in [-0.05, 0) is 30.2 Å². The normalized spacial score (nSPS) is 15.2. The fourth-order valence-corrected chi connectivity index (χ4v) is 3.60. The zero-order chi connectivity index (χ0) is 21.3. The zero-order valence-electron chi connectivity index (χ0n) is 16.8. The van der Waals surface area contributed by atoms with Crippen LogP contribution < -0.4 is 20.8 Å². The topological polar surface area (TPSA) is 90.3 Å². The molecule has 1 aromatic heterocycles. The van der Waals surface area contributed by atoms with E-state index in [9.17, 15) is 10.1 Å². The largest absolute Gasteiger partial charge is 0.489 e. The van der Waals surface area contributed by atoms with Crippen LogP contribution in [0, 0.1) is 18.3 Å². The molecule has 0 fully saturated rings. The first kappa shape index (κ1) is 19.3. The minimum atomic E-state index is -0.627. The Hall–Kier alpha value is -3.98. The Morgan fingerprint density at radius 3 is 2.67 bits per heavy atom. The molecule has 0 unspecified atom stereocenters. The van der Waals surface area contributed by atoms with Gasteiger partial charge in [0.1, 0.15) is 29.7 Å². The Labute approximate surface area is 174 Å². The second-order valence-electron chi connectivity index (χ2n) is 7.20. The molecule has 6 heteroatoms. The smallest absolute Gasteiger partial charge is 0.258 e. The van der Waals surface area contributed by atoms with E-state index in [1.54, 1.807) is 17.7 Å². The fraction of sp³-hybridized carbons (Fsp3) is 0.167. The van der Waals surface area contributed by atoms with E-state index in [1.165, 1.54) is 0 Å². The maximum absolute atomic E-state index is 13.1. The SMILES string of the molecule is Cc1cc2c(c(=O)n1C)[C@@H](c1cccc(OCc3ccccc3)c1)C(C#N)=C(N)O2. The van der Waals surface area contributed by atoms with Crippen LogP contribution in [0.15, 0.2) is 76.9 Å². The number of aromatic nitrogens is 1. The summed E-state index contributed by atoms with van der Waals surface area (Å²) in [6, 6.07) is 21.1. The Kier molecular flexibility index (Phi) is 5.03. The summed E-state index contributed by atoms with van der Waals surface area (Å²) in [5.41, 5.74) is 8.96. The number of hydrogen-bond donors (Lipinski definition) is 1. The first-order chi connectivity index (χ1) is 14.5. The molecule has 150 valence electrons. The van der Waals surface area contributed by atoms with Crippen molar-refractivity contribution in [1.29, 1.82) is 5.26 Å². The molecule has 30 heavy (non-hydrogen) atoms. The summed E-state index contributed by atoms with van der Waals surface area (Å²) in [5.74, 6) is 0.411. The molecule has 0 amide bonds. The lowest BCUT2D eigenvalue weighted by atomic mass is 9.84. The lowest BCUT2D eigenvalue weighted by Crippen LogP contribution is -2.31. The molecule has 2 heterocycles. The number of hydrogen-bond acceptors (Lipinski definition) is 5. The highest BCUT2D eigenvalue weighted by Gasteiger charge is 2.34. The number of ether oxygens (including phenoxy) is 2. The molecule has 0 aliphatic carbocycles. The van der Waals surface area contributed by atoms with Gasteiger partial charge in [0.15, 0.2) is 0 Å². The summed E-state index contributed by atoms with van der Waals surface area (Å²) in [6.07, 6.45) is 0. The average Bonchev–Trinajstić information content (AvgIpc) is 2.76. The van der Waals surface area contributed by atoms with Crippen molar-refractivity contribution in [3.63, 3.8) is 0 Å². The summed E-state index contributed by atoms with van der Waals surface area (Å²) in [4.78, 5) is 13.1. The first-order valence-corrected chi connectivity index (χ1v) is 9.54. The maximum Gasteiger partial charge on any atom is 0.258 e. The molecule has 0 bridgehead atoms. The second-order valence-corrected chi connectivity index (χ2v) is 7.20. The molecular weight excluding hydrogens is 378 g/mol. The molecule has 2 N–H and O–H groups in total. The van der Waals surface area contributed by atoms with Crippen LogP contribution in [0.2, 0.25) is 0 Å². The third kappa shape index (κ3) is 3.42. The summed E-state index contributed by atoms with van der Waals surface area (Å²) in [7, 11) is 1.70. The van der Waals surface area contributed by atoms with E-state index in [4.69, 9.17) is 15.2 Å². The van der Waals surface area contributed by atoms with Crippen molar-refractivity contribution in [1.82, 2.24) is 4.57 Å². The van der Waals surface area contributed by atoms with Crippen LogP contribution in [0.5, 0.6) is 11.5 Å². The highest BCUT2D eigenvalue weighted by Crippen LogP contribution is 2.41. The van der Waals surface area contributed by atoms with Gasteiger partial charge >= 0.3 is 0 Å². The van der Waals surface area contributed by atoms with Crippen molar-refractivity contribution < 1.29 is 9.47 Å². The van der Waals surface area contributed by atoms with Crippen molar-refractivity contribution in [3.05, 3.63) is 105 Å². The summed E-state index contributed by atoms with van der Waals surface area (Å²) < 4.78 is 13.1. The minimum absolute atomic E-state index is 0.0123. The van der Waals surface area contributed by atoms with Crippen LogP contribution in [0.4, 0.5) is 0 Å². The molecule has 1 atom stereocenters. The van der Waals surface area contributed by atoms with Crippen molar-refractivity contribution in [2.75, 3.05) is 0 Å². The number of fused-ring (bicyclic) bond motifs is 1. The third-order valence-corrected chi connectivity index (χ3v) is 5.29. The summed E-state index contributed by atoms with van der Waals surface area (Å²) in [6.45, 7) is 2.23. The Morgan fingerprint density at radius 1 is 1.17 bits per heavy atom. The van der Waals surface area contributed by atoms with E-state index in [2.05, 4.69) is 6.07 Å². The van der Waals surface area contributed by atoms with Gasteiger partial charge < -0.3 is 19.8 Å². The van der Waals surface area contributed by atoms with Gasteiger partial charge in [0.05, 0.1) is 11.5 Å². The van der Waals surface area contributed by atoms with Gasteiger partial charge in [-0.2, -0.15) is 5.26 Å². The Balaban J connectivity index is 1.77. The summed E-state index contributed by atoms with van der Waals surface area (Å²) >= 11 is 0. The lowest BCUT2D eigenvalue weighted by Gasteiger charge is -2.27. The monoisotopic (exact) mass is 399 g/mol. The van der Waals surface area contributed by atoms with Crippen LogP contribution in [0.25, 0.3) is 0 Å². The van der Waals surface area contributed by atoms with Crippen LogP contribution in [0.1, 0.15) is 28.3 Å². The van der Waals surface area contributed by atoms with Crippen LogP contribution >= 0.6 is 0 Å². The first-order valence-electron chi connectivity index (χ1n) is 9.54. The van der Waals surface area contributed by atoms with Crippen molar-refractivity contribution >= 4 is 0 Å². The van der Waals surface area contributed by atoms with Crippen molar-refractivity contribution in [2.24, 2.45) is 12.8 Å². The molecule has 1 aliphatic rings. The molecule has 4 rings (SSSR count). The molecule has 0 radical (unpaired) electrons. The Bertz CT molecular complexity index is 1240. The molecule has 0 saturated heterocycles. The number of pyridine rings is 1. The minimum Gasteiger partial charge on any atom is -0.489 e. The van der Waals surface area contributed by atoms with Crippen LogP contribution in [-0.4, -0.2) is 4.57 Å². The van der Waals surface area contributed by atoms with E-state index < -0.39 is 5.92 Å². The summed E-state index contributed by atoms with van der Waals surface area (Å²) in [5, 5.41) is 9.75.